The highest BCUT2D eigenvalue weighted by atomic mass is 16.5. The van der Waals surface area contributed by atoms with E-state index < -0.39 is 0 Å². The molecule has 1 N–H and O–H groups in total. The van der Waals surface area contributed by atoms with Crippen molar-refractivity contribution in [2.24, 2.45) is 5.41 Å². The van der Waals surface area contributed by atoms with Crippen molar-refractivity contribution in [1.82, 2.24) is 5.32 Å². The molecule has 1 aromatic carbocycles. The molecule has 0 spiro atoms. The van der Waals surface area contributed by atoms with Gasteiger partial charge in [0.25, 0.3) is 0 Å². The lowest BCUT2D eigenvalue weighted by molar-refractivity contribution is 0.157. The first-order chi connectivity index (χ1) is 9.53. The van der Waals surface area contributed by atoms with E-state index in [4.69, 9.17) is 4.74 Å². The van der Waals surface area contributed by atoms with Gasteiger partial charge in [0, 0.05) is 12.1 Å². The van der Waals surface area contributed by atoms with Crippen LogP contribution in [0.1, 0.15) is 52.0 Å². The van der Waals surface area contributed by atoms with Crippen molar-refractivity contribution in [3.05, 3.63) is 29.8 Å². The number of hydrogen-bond donors (Lipinski definition) is 1. The minimum Gasteiger partial charge on any atom is -0.496 e. The zero-order valence-electron chi connectivity index (χ0n) is 13.4. The molecule has 2 atom stereocenters. The van der Waals surface area contributed by atoms with Crippen LogP contribution < -0.4 is 10.1 Å². The molecule has 2 heteroatoms. The fourth-order valence-corrected chi connectivity index (χ4v) is 3.41. The maximum absolute atomic E-state index is 5.45. The lowest BCUT2D eigenvalue weighted by atomic mass is 9.73. The van der Waals surface area contributed by atoms with Gasteiger partial charge >= 0.3 is 0 Å². The predicted octanol–water partition coefficient (Wildman–Crippen LogP) is 4.18. The van der Waals surface area contributed by atoms with Gasteiger partial charge in [0.2, 0.25) is 0 Å². The molecule has 0 heterocycles. The summed E-state index contributed by atoms with van der Waals surface area (Å²) in [6.45, 7) is 7.09. The van der Waals surface area contributed by atoms with Gasteiger partial charge in [-0.3, -0.25) is 0 Å². The molecular weight excluding hydrogens is 246 g/mol. The average molecular weight is 275 g/mol. The highest BCUT2D eigenvalue weighted by Crippen LogP contribution is 2.35. The Morgan fingerprint density at radius 1 is 1.30 bits per heavy atom. The van der Waals surface area contributed by atoms with Gasteiger partial charge in [0.05, 0.1) is 7.11 Å². The molecule has 2 rings (SSSR count). The second kappa shape index (κ2) is 6.62. The Labute approximate surface area is 123 Å². The van der Waals surface area contributed by atoms with Crippen LogP contribution in [-0.2, 0) is 6.42 Å². The van der Waals surface area contributed by atoms with E-state index in [0.717, 1.165) is 12.2 Å². The Bertz CT molecular complexity index is 427. The zero-order chi connectivity index (χ0) is 14.6. The molecule has 1 aliphatic carbocycles. The van der Waals surface area contributed by atoms with E-state index >= 15 is 0 Å². The van der Waals surface area contributed by atoms with E-state index in [1.165, 1.54) is 31.2 Å². The van der Waals surface area contributed by atoms with E-state index in [0.29, 0.717) is 17.5 Å². The molecule has 1 saturated carbocycles. The fraction of sp³-hybridized carbons (Fsp3) is 0.667. The van der Waals surface area contributed by atoms with E-state index in [9.17, 15) is 0 Å². The minimum absolute atomic E-state index is 0.424. The molecule has 1 aliphatic rings. The van der Waals surface area contributed by atoms with E-state index in [1.807, 2.05) is 12.1 Å². The van der Waals surface area contributed by atoms with Crippen molar-refractivity contribution < 1.29 is 4.74 Å². The quantitative estimate of drug-likeness (QED) is 0.870. The number of nitrogens with one attached hydrogen (secondary N) is 1. The van der Waals surface area contributed by atoms with Gasteiger partial charge in [-0.1, -0.05) is 44.9 Å². The van der Waals surface area contributed by atoms with Crippen LogP contribution in [0.25, 0.3) is 0 Å². The number of para-hydroxylation sites is 1. The first kappa shape index (κ1) is 15.4. The predicted molar refractivity (Wildman–Crippen MR) is 85.3 cm³/mol. The van der Waals surface area contributed by atoms with Crippen molar-refractivity contribution >= 4 is 0 Å². The maximum atomic E-state index is 5.45. The summed E-state index contributed by atoms with van der Waals surface area (Å²) in [6, 6.07) is 9.46. The van der Waals surface area contributed by atoms with Crippen molar-refractivity contribution in [2.75, 3.05) is 7.11 Å². The van der Waals surface area contributed by atoms with Crippen LogP contribution in [0.15, 0.2) is 24.3 Å². The Morgan fingerprint density at radius 2 is 2.05 bits per heavy atom. The number of methoxy groups -OCH3 is 1. The first-order valence-electron chi connectivity index (χ1n) is 7.91. The second-order valence-corrected chi connectivity index (χ2v) is 6.87. The third-order valence-corrected chi connectivity index (χ3v) is 4.71. The standard InChI is InChI=1S/C18H29NO/c1-14(13-15-9-5-6-10-16(15)20-4)19-17-11-7-8-12-18(17,2)3/h5-6,9-10,14,17,19H,7-8,11-13H2,1-4H3. The van der Waals surface area contributed by atoms with Gasteiger partial charge in [-0.25, -0.2) is 0 Å². The number of benzene rings is 1. The smallest absolute Gasteiger partial charge is 0.122 e. The SMILES string of the molecule is COc1ccccc1CC(C)NC1CCCCC1(C)C. The van der Waals surface area contributed by atoms with Crippen molar-refractivity contribution in [3.8, 4) is 5.75 Å². The second-order valence-electron chi connectivity index (χ2n) is 6.87. The summed E-state index contributed by atoms with van der Waals surface area (Å²) in [5, 5.41) is 3.85. The minimum atomic E-state index is 0.424. The van der Waals surface area contributed by atoms with Gasteiger partial charge in [-0.05, 0) is 43.2 Å². The van der Waals surface area contributed by atoms with E-state index in [-0.39, 0.29) is 0 Å². The zero-order valence-corrected chi connectivity index (χ0v) is 13.4. The molecule has 2 unspecified atom stereocenters. The van der Waals surface area contributed by atoms with Crippen LogP contribution in [0.2, 0.25) is 0 Å². The Hall–Kier alpha value is -1.02. The maximum Gasteiger partial charge on any atom is 0.122 e. The molecule has 0 saturated heterocycles. The molecular formula is C18H29NO. The molecule has 0 aliphatic heterocycles. The third-order valence-electron chi connectivity index (χ3n) is 4.71. The van der Waals surface area contributed by atoms with Gasteiger partial charge in [-0.2, -0.15) is 0 Å². The largest absolute Gasteiger partial charge is 0.496 e. The summed E-state index contributed by atoms with van der Waals surface area (Å²) in [6.07, 6.45) is 6.42. The lowest BCUT2D eigenvalue weighted by Gasteiger charge is -2.41. The Balaban J connectivity index is 1.96. The summed E-state index contributed by atoms with van der Waals surface area (Å²) in [7, 11) is 1.75. The third kappa shape index (κ3) is 3.76. The van der Waals surface area contributed by atoms with Crippen LogP contribution in [-0.4, -0.2) is 19.2 Å². The number of ether oxygens (including phenoxy) is 1. The monoisotopic (exact) mass is 275 g/mol. The van der Waals surface area contributed by atoms with E-state index in [2.05, 4.69) is 38.2 Å². The molecule has 0 bridgehead atoms. The van der Waals surface area contributed by atoms with Crippen molar-refractivity contribution in [3.63, 3.8) is 0 Å². The highest BCUT2D eigenvalue weighted by molar-refractivity contribution is 5.33. The summed E-state index contributed by atoms with van der Waals surface area (Å²) < 4.78 is 5.45. The molecule has 0 amide bonds. The van der Waals surface area contributed by atoms with E-state index in [1.54, 1.807) is 7.11 Å². The fourth-order valence-electron chi connectivity index (χ4n) is 3.41. The van der Waals surface area contributed by atoms with Crippen molar-refractivity contribution in [2.45, 2.75) is 65.0 Å². The average Bonchev–Trinajstić information content (AvgIpc) is 2.42. The van der Waals surface area contributed by atoms with Gasteiger partial charge in [0.1, 0.15) is 5.75 Å². The summed E-state index contributed by atoms with van der Waals surface area (Å²) in [4.78, 5) is 0. The summed E-state index contributed by atoms with van der Waals surface area (Å²) in [5.74, 6) is 1.00. The van der Waals surface area contributed by atoms with Gasteiger partial charge in [0.15, 0.2) is 0 Å². The molecule has 1 fully saturated rings. The molecule has 20 heavy (non-hydrogen) atoms. The van der Waals surface area contributed by atoms with Crippen LogP contribution >= 0.6 is 0 Å². The van der Waals surface area contributed by atoms with Crippen LogP contribution in [0.5, 0.6) is 5.75 Å². The Kier molecular flexibility index (Phi) is 5.09. The normalized spacial score (nSPS) is 23.3. The molecule has 112 valence electrons. The molecule has 0 aromatic heterocycles. The Morgan fingerprint density at radius 3 is 2.75 bits per heavy atom. The van der Waals surface area contributed by atoms with Gasteiger partial charge < -0.3 is 10.1 Å². The number of rotatable bonds is 5. The summed E-state index contributed by atoms with van der Waals surface area (Å²) in [5.41, 5.74) is 1.72. The summed E-state index contributed by atoms with van der Waals surface area (Å²) >= 11 is 0. The van der Waals surface area contributed by atoms with Crippen LogP contribution in [0.3, 0.4) is 0 Å². The molecule has 1 aromatic rings. The van der Waals surface area contributed by atoms with Crippen LogP contribution in [0.4, 0.5) is 0 Å². The number of hydrogen-bond acceptors (Lipinski definition) is 2. The molecule has 0 radical (unpaired) electrons. The first-order valence-corrected chi connectivity index (χ1v) is 7.91. The highest BCUT2D eigenvalue weighted by Gasteiger charge is 2.32. The van der Waals surface area contributed by atoms with Crippen molar-refractivity contribution in [1.29, 1.82) is 0 Å². The van der Waals surface area contributed by atoms with Crippen LogP contribution in [0, 0.1) is 5.41 Å². The van der Waals surface area contributed by atoms with Gasteiger partial charge in [-0.15, -0.1) is 0 Å². The topological polar surface area (TPSA) is 21.3 Å². The molecule has 2 nitrogen and oxygen atoms in total. The lowest BCUT2D eigenvalue weighted by Crippen LogP contribution is -2.48.